The van der Waals surface area contributed by atoms with Gasteiger partial charge in [-0.05, 0) is 5.41 Å². The number of hydrogen-bond acceptors (Lipinski definition) is 3. The lowest BCUT2D eigenvalue weighted by molar-refractivity contribution is 0.0689. The number of rotatable bonds is 2. The molecule has 0 atom stereocenters. The van der Waals surface area contributed by atoms with Gasteiger partial charge in [0.05, 0.1) is 0 Å². The maximum absolute atomic E-state index is 11.1. The van der Waals surface area contributed by atoms with Crippen molar-refractivity contribution in [3.63, 3.8) is 0 Å². The predicted octanol–water partition coefficient (Wildman–Crippen LogP) is 1.06. The molecule has 0 aliphatic rings. The molecule has 0 radical (unpaired) electrons. The Balaban J connectivity index is 3.10. The van der Waals surface area contributed by atoms with Gasteiger partial charge in [-0.15, -0.1) is 0 Å². The number of aromatic amines is 1. The molecule has 0 saturated heterocycles. The monoisotopic (exact) mass is 210 g/mol. The SMILES string of the molecule is CC(C)(C)Cc1nc(C(=O)O)cc(=O)[nH]1. The summed E-state index contributed by atoms with van der Waals surface area (Å²) in [5.74, 6) is -0.774. The van der Waals surface area contributed by atoms with Crippen molar-refractivity contribution in [3.05, 3.63) is 27.9 Å². The molecule has 1 rings (SSSR count). The molecule has 0 fully saturated rings. The Morgan fingerprint density at radius 2 is 2.13 bits per heavy atom. The molecular formula is C10H14N2O3. The summed E-state index contributed by atoms with van der Waals surface area (Å²) in [4.78, 5) is 28.2. The lowest BCUT2D eigenvalue weighted by atomic mass is 9.92. The fourth-order valence-corrected chi connectivity index (χ4v) is 1.20. The zero-order valence-electron chi connectivity index (χ0n) is 9.00. The van der Waals surface area contributed by atoms with Gasteiger partial charge in [0.2, 0.25) is 0 Å². The van der Waals surface area contributed by atoms with Gasteiger partial charge < -0.3 is 10.1 Å². The van der Waals surface area contributed by atoms with Gasteiger partial charge in [0.15, 0.2) is 5.69 Å². The number of carboxylic acids is 1. The molecule has 0 aliphatic heterocycles. The molecule has 0 amide bonds. The molecule has 82 valence electrons. The fraction of sp³-hybridized carbons (Fsp3) is 0.500. The molecule has 5 heteroatoms. The fourth-order valence-electron chi connectivity index (χ4n) is 1.20. The van der Waals surface area contributed by atoms with Gasteiger partial charge in [0.1, 0.15) is 5.82 Å². The van der Waals surface area contributed by atoms with Gasteiger partial charge in [-0.1, -0.05) is 20.8 Å². The molecule has 0 unspecified atom stereocenters. The second kappa shape index (κ2) is 3.84. The van der Waals surface area contributed by atoms with E-state index in [-0.39, 0.29) is 11.1 Å². The Morgan fingerprint density at radius 3 is 2.60 bits per heavy atom. The minimum Gasteiger partial charge on any atom is -0.477 e. The normalized spacial score (nSPS) is 11.4. The van der Waals surface area contributed by atoms with Crippen molar-refractivity contribution in [2.75, 3.05) is 0 Å². The highest BCUT2D eigenvalue weighted by molar-refractivity contribution is 5.85. The number of aromatic carboxylic acids is 1. The van der Waals surface area contributed by atoms with Crippen molar-refractivity contribution in [2.24, 2.45) is 5.41 Å². The van der Waals surface area contributed by atoms with Gasteiger partial charge in [-0.25, -0.2) is 9.78 Å². The Kier molecular flexibility index (Phi) is 2.93. The summed E-state index contributed by atoms with van der Waals surface area (Å²) in [5, 5.41) is 8.72. The van der Waals surface area contributed by atoms with Crippen molar-refractivity contribution >= 4 is 5.97 Å². The van der Waals surface area contributed by atoms with Crippen LogP contribution in [0.2, 0.25) is 0 Å². The third-order valence-electron chi connectivity index (χ3n) is 1.71. The summed E-state index contributed by atoms with van der Waals surface area (Å²) in [6.07, 6.45) is 0.531. The van der Waals surface area contributed by atoms with E-state index in [9.17, 15) is 9.59 Å². The molecule has 2 N–H and O–H groups in total. The number of nitrogens with one attached hydrogen (secondary N) is 1. The number of aromatic nitrogens is 2. The highest BCUT2D eigenvalue weighted by Gasteiger charge is 2.15. The van der Waals surface area contributed by atoms with Gasteiger partial charge in [-0.3, -0.25) is 4.79 Å². The van der Waals surface area contributed by atoms with Gasteiger partial charge in [0.25, 0.3) is 5.56 Å². The van der Waals surface area contributed by atoms with E-state index in [4.69, 9.17) is 5.11 Å². The van der Waals surface area contributed by atoms with Gasteiger partial charge in [-0.2, -0.15) is 0 Å². The quantitative estimate of drug-likeness (QED) is 0.764. The minimum absolute atomic E-state index is 0.0485. The van der Waals surface area contributed by atoms with Crippen molar-refractivity contribution in [1.82, 2.24) is 9.97 Å². The molecule has 0 spiro atoms. The summed E-state index contributed by atoms with van der Waals surface area (Å²) < 4.78 is 0. The number of nitrogens with zero attached hydrogens (tertiary/aromatic N) is 1. The maximum Gasteiger partial charge on any atom is 0.354 e. The third kappa shape index (κ3) is 3.53. The second-order valence-electron chi connectivity index (χ2n) is 4.62. The van der Waals surface area contributed by atoms with Crippen LogP contribution in [0.3, 0.4) is 0 Å². The highest BCUT2D eigenvalue weighted by Crippen LogP contribution is 2.17. The first-order valence-corrected chi connectivity index (χ1v) is 4.61. The highest BCUT2D eigenvalue weighted by atomic mass is 16.4. The molecule has 15 heavy (non-hydrogen) atoms. The van der Waals surface area contributed by atoms with Crippen molar-refractivity contribution < 1.29 is 9.90 Å². The summed E-state index contributed by atoms with van der Waals surface area (Å²) in [6.45, 7) is 5.96. The summed E-state index contributed by atoms with van der Waals surface area (Å²) in [5.41, 5.74) is -0.688. The van der Waals surface area contributed by atoms with Crippen LogP contribution in [0.15, 0.2) is 10.9 Å². The van der Waals surface area contributed by atoms with Crippen LogP contribution in [0.5, 0.6) is 0 Å². The first-order valence-electron chi connectivity index (χ1n) is 4.61. The number of hydrogen-bond donors (Lipinski definition) is 2. The van der Waals surface area contributed by atoms with E-state index in [0.29, 0.717) is 12.2 Å². The summed E-state index contributed by atoms with van der Waals surface area (Å²) in [6, 6.07) is 0.981. The number of carbonyl (C=O) groups is 1. The van der Waals surface area contributed by atoms with Crippen LogP contribution in [0.4, 0.5) is 0 Å². The van der Waals surface area contributed by atoms with Crippen LogP contribution >= 0.6 is 0 Å². The minimum atomic E-state index is -1.18. The Bertz CT molecular complexity index is 429. The maximum atomic E-state index is 11.1. The van der Waals surface area contributed by atoms with E-state index in [1.807, 2.05) is 20.8 Å². The van der Waals surface area contributed by atoms with Crippen LogP contribution in [0.1, 0.15) is 37.1 Å². The summed E-state index contributed by atoms with van der Waals surface area (Å²) in [7, 11) is 0. The topological polar surface area (TPSA) is 83.0 Å². The van der Waals surface area contributed by atoms with Crippen LogP contribution in [-0.2, 0) is 6.42 Å². The van der Waals surface area contributed by atoms with E-state index in [1.54, 1.807) is 0 Å². The van der Waals surface area contributed by atoms with Crippen molar-refractivity contribution in [3.8, 4) is 0 Å². The zero-order valence-corrected chi connectivity index (χ0v) is 9.00. The van der Waals surface area contributed by atoms with E-state index >= 15 is 0 Å². The van der Waals surface area contributed by atoms with Crippen LogP contribution in [0.25, 0.3) is 0 Å². The molecule has 0 aromatic carbocycles. The Morgan fingerprint density at radius 1 is 1.53 bits per heavy atom. The van der Waals surface area contributed by atoms with Crippen LogP contribution < -0.4 is 5.56 Å². The first-order chi connectivity index (χ1) is 6.78. The predicted molar refractivity (Wildman–Crippen MR) is 55.0 cm³/mol. The van der Waals surface area contributed by atoms with Crippen molar-refractivity contribution in [2.45, 2.75) is 27.2 Å². The van der Waals surface area contributed by atoms with Gasteiger partial charge in [0, 0.05) is 12.5 Å². The average molecular weight is 210 g/mol. The third-order valence-corrected chi connectivity index (χ3v) is 1.71. The molecule has 0 aliphatic carbocycles. The first kappa shape index (κ1) is 11.4. The Labute approximate surface area is 87.2 Å². The second-order valence-corrected chi connectivity index (χ2v) is 4.62. The van der Waals surface area contributed by atoms with Crippen LogP contribution in [0, 0.1) is 5.41 Å². The Hall–Kier alpha value is -1.65. The summed E-state index contributed by atoms with van der Waals surface area (Å²) >= 11 is 0. The molecule has 1 aromatic rings. The van der Waals surface area contributed by atoms with E-state index in [1.165, 1.54) is 0 Å². The van der Waals surface area contributed by atoms with E-state index in [2.05, 4.69) is 9.97 Å². The average Bonchev–Trinajstić information content (AvgIpc) is 1.99. The van der Waals surface area contributed by atoms with E-state index in [0.717, 1.165) is 6.07 Å². The molecular weight excluding hydrogens is 196 g/mol. The number of carboxylic acid groups (broad SMARTS) is 1. The molecule has 1 aromatic heterocycles. The standard InChI is InChI=1S/C10H14N2O3/c1-10(2,3)5-7-11-6(9(14)15)4-8(13)12-7/h4H,5H2,1-3H3,(H,14,15)(H,11,12,13). The molecule has 0 bridgehead atoms. The molecule has 0 saturated carbocycles. The van der Waals surface area contributed by atoms with Gasteiger partial charge >= 0.3 is 5.97 Å². The lowest BCUT2D eigenvalue weighted by Gasteiger charge is -2.16. The largest absolute Gasteiger partial charge is 0.477 e. The van der Waals surface area contributed by atoms with Crippen molar-refractivity contribution in [1.29, 1.82) is 0 Å². The van der Waals surface area contributed by atoms with E-state index < -0.39 is 11.5 Å². The number of H-pyrrole nitrogens is 1. The lowest BCUT2D eigenvalue weighted by Crippen LogP contribution is -2.20. The molecule has 1 heterocycles. The smallest absolute Gasteiger partial charge is 0.354 e. The molecule has 5 nitrogen and oxygen atoms in total. The van der Waals surface area contributed by atoms with Crippen LogP contribution in [-0.4, -0.2) is 21.0 Å². The zero-order chi connectivity index (χ0) is 11.6.